The number of hydrogen-bond acceptors (Lipinski definition) is 4. The van der Waals surface area contributed by atoms with Gasteiger partial charge in [-0.25, -0.2) is 4.98 Å². The first-order valence-corrected chi connectivity index (χ1v) is 5.78. The van der Waals surface area contributed by atoms with Crippen LogP contribution in [0.25, 0.3) is 5.65 Å². The van der Waals surface area contributed by atoms with Crippen molar-refractivity contribution in [1.82, 2.24) is 14.6 Å². The lowest BCUT2D eigenvalue weighted by Gasteiger charge is -2.03. The normalized spacial score (nSPS) is 10.9. The molecule has 17 heavy (non-hydrogen) atoms. The summed E-state index contributed by atoms with van der Waals surface area (Å²) in [5.41, 5.74) is 0.767. The van der Waals surface area contributed by atoms with Crippen LogP contribution in [0.1, 0.15) is 12.0 Å². The molecule has 0 fully saturated rings. The Kier molecular flexibility index (Phi) is 3.44. The molecule has 2 rings (SSSR count). The monoisotopic (exact) mass is 274 g/mol. The molecule has 2 aromatic heterocycles. The van der Waals surface area contributed by atoms with Crippen LogP contribution in [-0.2, 0) is 6.42 Å². The molecule has 0 unspecified atom stereocenters. The Morgan fingerprint density at radius 2 is 2.24 bits per heavy atom. The van der Waals surface area contributed by atoms with Gasteiger partial charge in [0.1, 0.15) is 11.3 Å². The number of nitrogens with zero attached hydrogens (tertiary/aromatic N) is 4. The van der Waals surface area contributed by atoms with Gasteiger partial charge in [-0.1, -0.05) is 11.6 Å². The number of alkyl halides is 1. The Morgan fingerprint density at radius 3 is 2.88 bits per heavy atom. The summed E-state index contributed by atoms with van der Waals surface area (Å²) in [5, 5.41) is 14.9. The zero-order valence-electron chi connectivity index (χ0n) is 8.64. The van der Waals surface area contributed by atoms with E-state index >= 15 is 0 Å². The standard InChI is InChI=1S/C9H8Cl2N4O2/c10-3-1-2-6-4-12-9-7(15(16)17)5-13-14(9)8(6)11/h4-5H,1-3H2. The molecule has 0 aliphatic rings. The van der Waals surface area contributed by atoms with Gasteiger partial charge in [-0.3, -0.25) is 10.1 Å². The Bertz CT molecular complexity index is 569. The first-order valence-electron chi connectivity index (χ1n) is 4.86. The van der Waals surface area contributed by atoms with Gasteiger partial charge in [-0.2, -0.15) is 9.61 Å². The Morgan fingerprint density at radius 1 is 1.47 bits per heavy atom. The number of halogens is 2. The summed E-state index contributed by atoms with van der Waals surface area (Å²) in [6.45, 7) is 0. The number of aryl methyl sites for hydroxylation is 1. The molecule has 0 radical (unpaired) electrons. The molecule has 6 nitrogen and oxygen atoms in total. The predicted octanol–water partition coefficient (Wildman–Crippen LogP) is 2.46. The molecule has 0 amide bonds. The average molecular weight is 275 g/mol. The minimum atomic E-state index is -0.538. The van der Waals surface area contributed by atoms with Gasteiger partial charge < -0.3 is 0 Å². The maximum atomic E-state index is 10.7. The third kappa shape index (κ3) is 2.18. The van der Waals surface area contributed by atoms with Gasteiger partial charge in [0.05, 0.1) is 4.92 Å². The number of rotatable bonds is 4. The molecule has 2 heterocycles. The highest BCUT2D eigenvalue weighted by molar-refractivity contribution is 6.30. The summed E-state index contributed by atoms with van der Waals surface area (Å²) in [5.74, 6) is 0.521. The van der Waals surface area contributed by atoms with E-state index in [-0.39, 0.29) is 11.3 Å². The first-order chi connectivity index (χ1) is 8.15. The van der Waals surface area contributed by atoms with Crippen molar-refractivity contribution in [3.05, 3.63) is 33.2 Å². The minimum absolute atomic E-state index is 0.148. The van der Waals surface area contributed by atoms with Gasteiger partial charge in [-0.15, -0.1) is 11.6 Å². The van der Waals surface area contributed by atoms with E-state index in [4.69, 9.17) is 23.2 Å². The highest BCUT2D eigenvalue weighted by atomic mass is 35.5. The van der Waals surface area contributed by atoms with Crippen LogP contribution in [0.3, 0.4) is 0 Å². The second-order valence-electron chi connectivity index (χ2n) is 3.39. The van der Waals surface area contributed by atoms with E-state index in [1.54, 1.807) is 0 Å². The molecule has 0 aliphatic carbocycles. The van der Waals surface area contributed by atoms with Crippen molar-refractivity contribution >= 4 is 34.5 Å². The second kappa shape index (κ2) is 4.85. The molecule has 2 aromatic rings. The summed E-state index contributed by atoms with van der Waals surface area (Å²) >= 11 is 11.7. The lowest BCUT2D eigenvalue weighted by Crippen LogP contribution is -1.99. The molecule has 0 saturated carbocycles. The molecule has 0 spiro atoms. The predicted molar refractivity (Wildman–Crippen MR) is 63.7 cm³/mol. The molecular weight excluding hydrogens is 267 g/mol. The average Bonchev–Trinajstić information content (AvgIpc) is 2.73. The first kappa shape index (κ1) is 12.1. The van der Waals surface area contributed by atoms with Crippen LogP contribution in [-0.4, -0.2) is 25.4 Å². The summed E-state index contributed by atoms with van der Waals surface area (Å²) in [4.78, 5) is 14.2. The molecule has 0 aliphatic heterocycles. The summed E-state index contributed by atoms with van der Waals surface area (Å²) in [7, 11) is 0. The number of fused-ring (bicyclic) bond motifs is 1. The SMILES string of the molecule is O=[N+]([O-])c1cnn2c(Cl)c(CCCCl)cnc12. The van der Waals surface area contributed by atoms with Gasteiger partial charge in [-0.05, 0) is 12.8 Å². The lowest BCUT2D eigenvalue weighted by molar-refractivity contribution is -0.383. The van der Waals surface area contributed by atoms with Crippen LogP contribution >= 0.6 is 23.2 Å². The van der Waals surface area contributed by atoms with Crippen molar-refractivity contribution in [2.45, 2.75) is 12.8 Å². The van der Waals surface area contributed by atoms with Crippen LogP contribution in [0.5, 0.6) is 0 Å². The highest BCUT2D eigenvalue weighted by Gasteiger charge is 2.18. The van der Waals surface area contributed by atoms with Gasteiger partial charge >= 0.3 is 5.69 Å². The lowest BCUT2D eigenvalue weighted by atomic mass is 10.2. The quantitative estimate of drug-likeness (QED) is 0.372. The third-order valence-electron chi connectivity index (χ3n) is 2.30. The minimum Gasteiger partial charge on any atom is -0.258 e. The molecule has 0 bridgehead atoms. The number of nitro groups is 1. The number of aromatic nitrogens is 3. The third-order valence-corrected chi connectivity index (χ3v) is 2.97. The Hall–Kier alpha value is -1.40. The van der Waals surface area contributed by atoms with Crippen LogP contribution in [0.4, 0.5) is 5.69 Å². The molecule has 0 atom stereocenters. The maximum absolute atomic E-state index is 10.7. The molecule has 0 N–H and O–H groups in total. The van der Waals surface area contributed by atoms with Gasteiger partial charge in [0.15, 0.2) is 0 Å². The zero-order valence-corrected chi connectivity index (χ0v) is 10.1. The van der Waals surface area contributed by atoms with E-state index in [1.807, 2.05) is 0 Å². The Balaban J connectivity index is 2.50. The van der Waals surface area contributed by atoms with Crippen LogP contribution in [0, 0.1) is 10.1 Å². The molecular formula is C9H8Cl2N4O2. The van der Waals surface area contributed by atoms with Crippen molar-refractivity contribution in [2.24, 2.45) is 0 Å². The number of hydrogen-bond donors (Lipinski definition) is 0. The van der Waals surface area contributed by atoms with Crippen LogP contribution < -0.4 is 0 Å². The second-order valence-corrected chi connectivity index (χ2v) is 4.13. The zero-order chi connectivity index (χ0) is 12.4. The van der Waals surface area contributed by atoms with Crippen LogP contribution in [0.15, 0.2) is 12.4 Å². The fourth-order valence-corrected chi connectivity index (χ4v) is 1.88. The van der Waals surface area contributed by atoms with Gasteiger partial charge in [0.25, 0.3) is 0 Å². The summed E-state index contributed by atoms with van der Waals surface area (Å²) < 4.78 is 1.27. The maximum Gasteiger partial charge on any atom is 0.333 e. The largest absolute Gasteiger partial charge is 0.333 e. The van der Waals surface area contributed by atoms with Gasteiger partial charge in [0.2, 0.25) is 5.65 Å². The fraction of sp³-hybridized carbons (Fsp3) is 0.333. The Labute approximate surface area is 106 Å². The van der Waals surface area contributed by atoms with Crippen molar-refractivity contribution in [2.75, 3.05) is 5.88 Å². The molecule has 0 aromatic carbocycles. The summed E-state index contributed by atoms with van der Waals surface area (Å²) in [6, 6.07) is 0. The van der Waals surface area contributed by atoms with E-state index in [9.17, 15) is 10.1 Å². The van der Waals surface area contributed by atoms with Gasteiger partial charge in [0, 0.05) is 17.6 Å². The van der Waals surface area contributed by atoms with E-state index < -0.39 is 4.92 Å². The van der Waals surface area contributed by atoms with E-state index in [2.05, 4.69) is 10.1 Å². The van der Waals surface area contributed by atoms with Crippen molar-refractivity contribution in [1.29, 1.82) is 0 Å². The van der Waals surface area contributed by atoms with Crippen molar-refractivity contribution in [3.63, 3.8) is 0 Å². The van der Waals surface area contributed by atoms with E-state index in [0.29, 0.717) is 17.5 Å². The molecule has 8 heteroatoms. The molecule has 90 valence electrons. The van der Waals surface area contributed by atoms with Crippen LogP contribution in [0.2, 0.25) is 5.15 Å². The highest BCUT2D eigenvalue weighted by Crippen LogP contribution is 2.23. The fourth-order valence-electron chi connectivity index (χ4n) is 1.48. The van der Waals surface area contributed by atoms with Crippen molar-refractivity contribution in [3.8, 4) is 0 Å². The molecule has 0 saturated heterocycles. The summed E-state index contributed by atoms with van der Waals surface area (Å²) in [6.07, 6.45) is 4.09. The van der Waals surface area contributed by atoms with E-state index in [0.717, 1.165) is 18.2 Å². The van der Waals surface area contributed by atoms with E-state index in [1.165, 1.54) is 10.7 Å². The van der Waals surface area contributed by atoms with Crippen molar-refractivity contribution < 1.29 is 4.92 Å². The topological polar surface area (TPSA) is 73.3 Å². The smallest absolute Gasteiger partial charge is 0.258 e.